The molecule has 0 spiro atoms. The Balaban J connectivity index is 2.25. The van der Waals surface area contributed by atoms with Gasteiger partial charge in [0, 0.05) is 0 Å². The van der Waals surface area contributed by atoms with Crippen molar-refractivity contribution in [2.45, 2.75) is 20.3 Å². The summed E-state index contributed by atoms with van der Waals surface area (Å²) in [5, 5.41) is 0. The van der Waals surface area contributed by atoms with Crippen LogP contribution in [0.3, 0.4) is 0 Å². The average molecular weight is 113 g/mol. The number of hydrogen-bond donors (Lipinski definition) is 1. The van der Waals surface area contributed by atoms with Crippen LogP contribution in [0.25, 0.3) is 0 Å². The summed E-state index contributed by atoms with van der Waals surface area (Å²) in [7, 11) is 0. The van der Waals surface area contributed by atoms with Crippen LogP contribution in [0.1, 0.15) is 20.3 Å². The van der Waals surface area contributed by atoms with Crippen molar-refractivity contribution in [3.8, 4) is 0 Å². The van der Waals surface area contributed by atoms with Crippen molar-refractivity contribution in [3.05, 3.63) is 0 Å². The quantitative estimate of drug-likeness (QED) is 0.544. The fourth-order valence-corrected chi connectivity index (χ4v) is 1.49. The summed E-state index contributed by atoms with van der Waals surface area (Å²) in [6, 6.07) is 0. The summed E-state index contributed by atoms with van der Waals surface area (Å²) in [5.41, 5.74) is 5.49. The summed E-state index contributed by atoms with van der Waals surface area (Å²) in [4.78, 5) is 0. The minimum atomic E-state index is 0.838. The molecule has 2 unspecified atom stereocenters. The highest BCUT2D eigenvalue weighted by molar-refractivity contribution is 4.83. The largest absolute Gasteiger partial charge is 0.330 e. The fourth-order valence-electron chi connectivity index (χ4n) is 1.49. The lowest BCUT2D eigenvalue weighted by Crippen LogP contribution is -2.37. The molecular formula is C7H15N. The van der Waals surface area contributed by atoms with E-state index < -0.39 is 0 Å². The van der Waals surface area contributed by atoms with Crippen LogP contribution < -0.4 is 5.73 Å². The molecule has 1 heteroatoms. The first kappa shape index (κ1) is 6.09. The van der Waals surface area contributed by atoms with E-state index in [1.807, 2.05) is 0 Å². The molecule has 0 saturated heterocycles. The molecule has 0 aliphatic heterocycles. The first-order chi connectivity index (χ1) is 3.75. The molecule has 1 aliphatic rings. The monoisotopic (exact) mass is 113 g/mol. The molecule has 2 N–H and O–H groups in total. The summed E-state index contributed by atoms with van der Waals surface area (Å²) in [6.45, 7) is 5.49. The van der Waals surface area contributed by atoms with Crippen molar-refractivity contribution in [1.29, 1.82) is 0 Å². The standard InChI is InChI=1S/C7H15N/c1-5-3-7(4-8)6(5)2/h5-7H,3-4,8H2,1-2H3/t5-,6?,7?/m1/s1. The Morgan fingerprint density at radius 3 is 2.25 bits per heavy atom. The zero-order valence-electron chi connectivity index (χ0n) is 5.72. The normalized spacial score (nSPS) is 46.1. The van der Waals surface area contributed by atoms with Crippen LogP contribution in [0, 0.1) is 17.8 Å². The van der Waals surface area contributed by atoms with Gasteiger partial charge in [0.05, 0.1) is 0 Å². The molecule has 1 aliphatic carbocycles. The molecule has 3 atom stereocenters. The van der Waals surface area contributed by atoms with E-state index in [4.69, 9.17) is 5.73 Å². The molecule has 1 nitrogen and oxygen atoms in total. The maximum absolute atomic E-state index is 5.49. The first-order valence-corrected chi connectivity index (χ1v) is 3.45. The van der Waals surface area contributed by atoms with Gasteiger partial charge in [-0.1, -0.05) is 13.8 Å². The molecule has 1 rings (SSSR count). The number of rotatable bonds is 1. The smallest absolute Gasteiger partial charge is 0.00461 e. The number of nitrogens with two attached hydrogens (primary N) is 1. The fraction of sp³-hybridized carbons (Fsp3) is 1.00. The van der Waals surface area contributed by atoms with Gasteiger partial charge in [0.1, 0.15) is 0 Å². The van der Waals surface area contributed by atoms with E-state index in [0.717, 1.165) is 24.3 Å². The highest BCUT2D eigenvalue weighted by Gasteiger charge is 2.32. The van der Waals surface area contributed by atoms with Crippen molar-refractivity contribution in [2.24, 2.45) is 23.5 Å². The molecule has 0 aromatic carbocycles. The highest BCUT2D eigenvalue weighted by atomic mass is 14.6. The topological polar surface area (TPSA) is 26.0 Å². The molecule has 0 aromatic heterocycles. The second-order valence-corrected chi connectivity index (χ2v) is 3.07. The third-order valence-corrected chi connectivity index (χ3v) is 2.62. The molecule has 1 fully saturated rings. The zero-order valence-corrected chi connectivity index (χ0v) is 5.72. The molecule has 0 radical (unpaired) electrons. The van der Waals surface area contributed by atoms with E-state index in [0.29, 0.717) is 0 Å². The average Bonchev–Trinajstić information content (AvgIpc) is 1.81. The van der Waals surface area contributed by atoms with E-state index in [1.54, 1.807) is 0 Å². The Kier molecular flexibility index (Phi) is 1.57. The Morgan fingerprint density at radius 2 is 2.12 bits per heavy atom. The van der Waals surface area contributed by atoms with E-state index >= 15 is 0 Å². The van der Waals surface area contributed by atoms with Gasteiger partial charge >= 0.3 is 0 Å². The number of hydrogen-bond acceptors (Lipinski definition) is 1. The predicted molar refractivity (Wildman–Crippen MR) is 35.5 cm³/mol. The van der Waals surface area contributed by atoms with E-state index in [1.165, 1.54) is 6.42 Å². The summed E-state index contributed by atoms with van der Waals surface area (Å²) >= 11 is 0. The second kappa shape index (κ2) is 2.06. The second-order valence-electron chi connectivity index (χ2n) is 3.07. The third kappa shape index (κ3) is 0.752. The van der Waals surface area contributed by atoms with Gasteiger partial charge in [0.2, 0.25) is 0 Å². The Hall–Kier alpha value is -0.0400. The third-order valence-electron chi connectivity index (χ3n) is 2.62. The van der Waals surface area contributed by atoms with E-state index in [-0.39, 0.29) is 0 Å². The van der Waals surface area contributed by atoms with Crippen molar-refractivity contribution in [3.63, 3.8) is 0 Å². The lowest BCUT2D eigenvalue weighted by Gasteiger charge is -2.40. The summed E-state index contributed by atoms with van der Waals surface area (Å²) < 4.78 is 0. The van der Waals surface area contributed by atoms with Crippen molar-refractivity contribution >= 4 is 0 Å². The van der Waals surface area contributed by atoms with Crippen LogP contribution in [0.5, 0.6) is 0 Å². The first-order valence-electron chi connectivity index (χ1n) is 3.45. The molecule has 48 valence electrons. The highest BCUT2D eigenvalue weighted by Crippen LogP contribution is 2.38. The molecule has 0 heterocycles. The van der Waals surface area contributed by atoms with Gasteiger partial charge in [-0.15, -0.1) is 0 Å². The van der Waals surface area contributed by atoms with Crippen LogP contribution in [0.4, 0.5) is 0 Å². The Labute approximate surface area is 51.3 Å². The Morgan fingerprint density at radius 1 is 1.50 bits per heavy atom. The maximum atomic E-state index is 5.49. The zero-order chi connectivity index (χ0) is 6.15. The van der Waals surface area contributed by atoms with E-state index in [9.17, 15) is 0 Å². The van der Waals surface area contributed by atoms with Gasteiger partial charge in [-0.2, -0.15) is 0 Å². The van der Waals surface area contributed by atoms with Crippen molar-refractivity contribution < 1.29 is 0 Å². The molecule has 0 aromatic rings. The molecule has 8 heavy (non-hydrogen) atoms. The van der Waals surface area contributed by atoms with E-state index in [2.05, 4.69) is 13.8 Å². The maximum Gasteiger partial charge on any atom is -0.00461 e. The SMILES string of the molecule is CC1C(CN)C[C@H]1C. The van der Waals surface area contributed by atoms with Crippen LogP contribution in [-0.4, -0.2) is 6.54 Å². The van der Waals surface area contributed by atoms with Crippen molar-refractivity contribution in [2.75, 3.05) is 6.54 Å². The van der Waals surface area contributed by atoms with Gasteiger partial charge in [0.25, 0.3) is 0 Å². The van der Waals surface area contributed by atoms with Gasteiger partial charge in [0.15, 0.2) is 0 Å². The molecule has 1 saturated carbocycles. The van der Waals surface area contributed by atoms with Crippen molar-refractivity contribution in [1.82, 2.24) is 0 Å². The lowest BCUT2D eigenvalue weighted by molar-refractivity contribution is 0.111. The minimum Gasteiger partial charge on any atom is -0.330 e. The molecule has 0 bridgehead atoms. The Bertz CT molecular complexity index is 80.5. The minimum absolute atomic E-state index is 0.838. The van der Waals surface area contributed by atoms with Crippen LogP contribution in [0.15, 0.2) is 0 Å². The molecule has 0 amide bonds. The summed E-state index contributed by atoms with van der Waals surface area (Å²) in [5.74, 6) is 2.66. The van der Waals surface area contributed by atoms with Gasteiger partial charge in [-0.3, -0.25) is 0 Å². The van der Waals surface area contributed by atoms with Gasteiger partial charge in [-0.25, -0.2) is 0 Å². The van der Waals surface area contributed by atoms with Crippen LogP contribution in [0.2, 0.25) is 0 Å². The predicted octanol–water partition coefficient (Wildman–Crippen LogP) is 1.24. The molecular weight excluding hydrogens is 98.1 g/mol. The van der Waals surface area contributed by atoms with Gasteiger partial charge in [-0.05, 0) is 30.7 Å². The van der Waals surface area contributed by atoms with Gasteiger partial charge < -0.3 is 5.73 Å². The van der Waals surface area contributed by atoms with Crippen LogP contribution in [-0.2, 0) is 0 Å². The lowest BCUT2D eigenvalue weighted by atomic mass is 9.67. The van der Waals surface area contributed by atoms with Crippen LogP contribution >= 0.6 is 0 Å². The summed E-state index contributed by atoms with van der Waals surface area (Å²) in [6.07, 6.45) is 1.36.